The molecule has 0 aromatic rings. The summed E-state index contributed by atoms with van der Waals surface area (Å²) in [5.74, 6) is 1.67. The van der Waals surface area contributed by atoms with E-state index in [2.05, 4.69) is 0 Å². The van der Waals surface area contributed by atoms with Crippen LogP contribution in [-0.2, 0) is 9.47 Å². The van der Waals surface area contributed by atoms with E-state index in [1.54, 1.807) is 16.7 Å². The fourth-order valence-corrected chi connectivity index (χ4v) is 4.04. The summed E-state index contributed by atoms with van der Waals surface area (Å²) in [4.78, 5) is 13.7. The largest absolute Gasteiger partial charge is 0.444 e. The molecule has 0 bridgehead atoms. The van der Waals surface area contributed by atoms with Gasteiger partial charge in [0.05, 0.1) is 11.7 Å². The van der Waals surface area contributed by atoms with Crippen LogP contribution in [0.2, 0.25) is 0 Å². The van der Waals surface area contributed by atoms with Gasteiger partial charge in [0, 0.05) is 31.2 Å². The maximum Gasteiger partial charge on any atom is 0.410 e. The number of rotatable bonds is 4. The molecular weight excluding hydrogens is 302 g/mol. The topological polar surface area (TPSA) is 59.0 Å². The summed E-state index contributed by atoms with van der Waals surface area (Å²) in [6, 6.07) is 0. The third kappa shape index (κ3) is 5.63. The highest BCUT2D eigenvalue weighted by molar-refractivity contribution is 7.99. The number of amides is 1. The van der Waals surface area contributed by atoms with E-state index in [0.717, 1.165) is 31.0 Å². The van der Waals surface area contributed by atoms with Crippen molar-refractivity contribution in [3.8, 4) is 0 Å². The molecule has 0 aliphatic carbocycles. The molecule has 1 amide bonds. The van der Waals surface area contributed by atoms with Gasteiger partial charge in [0.25, 0.3) is 0 Å². The lowest BCUT2D eigenvalue weighted by Gasteiger charge is -2.38. The molecule has 22 heavy (non-hydrogen) atoms. The second-order valence-corrected chi connectivity index (χ2v) is 8.37. The standard InChI is InChI=1S/C16H29NO4S/c1-15(2,3)21-14(18)17-8-6-16(19,7-9-17)12-22-11-13-5-4-10-20-13/h13,19H,4-12H2,1-3H3. The molecule has 2 aliphatic rings. The molecule has 2 saturated heterocycles. The van der Waals surface area contributed by atoms with E-state index < -0.39 is 11.2 Å². The van der Waals surface area contributed by atoms with Gasteiger partial charge in [-0.3, -0.25) is 0 Å². The average molecular weight is 331 g/mol. The maximum absolute atomic E-state index is 12.0. The van der Waals surface area contributed by atoms with Gasteiger partial charge in [0.2, 0.25) is 0 Å². The molecule has 128 valence electrons. The normalized spacial score (nSPS) is 25.3. The summed E-state index contributed by atoms with van der Waals surface area (Å²) in [6.07, 6.45) is 3.60. The van der Waals surface area contributed by atoms with Crippen molar-refractivity contribution in [3.63, 3.8) is 0 Å². The van der Waals surface area contributed by atoms with Crippen LogP contribution >= 0.6 is 11.8 Å². The highest BCUT2D eigenvalue weighted by Crippen LogP contribution is 2.28. The van der Waals surface area contributed by atoms with Crippen molar-refractivity contribution < 1.29 is 19.4 Å². The molecule has 1 atom stereocenters. The molecule has 5 nitrogen and oxygen atoms in total. The van der Waals surface area contributed by atoms with Gasteiger partial charge in [0.1, 0.15) is 5.60 Å². The quantitative estimate of drug-likeness (QED) is 0.858. The van der Waals surface area contributed by atoms with Crippen LogP contribution in [0, 0.1) is 0 Å². The number of ether oxygens (including phenoxy) is 2. The number of piperidine rings is 1. The molecule has 2 fully saturated rings. The minimum atomic E-state index is -0.665. The summed E-state index contributed by atoms with van der Waals surface area (Å²) < 4.78 is 11.0. The van der Waals surface area contributed by atoms with Gasteiger partial charge in [-0.15, -0.1) is 0 Å². The van der Waals surface area contributed by atoms with Crippen molar-refractivity contribution in [1.82, 2.24) is 4.90 Å². The van der Waals surface area contributed by atoms with Gasteiger partial charge in [-0.25, -0.2) is 4.79 Å². The van der Waals surface area contributed by atoms with E-state index in [-0.39, 0.29) is 6.09 Å². The molecule has 2 heterocycles. The van der Waals surface area contributed by atoms with Crippen molar-refractivity contribution in [2.24, 2.45) is 0 Å². The number of hydrogen-bond donors (Lipinski definition) is 1. The highest BCUT2D eigenvalue weighted by Gasteiger charge is 2.35. The molecule has 2 aliphatic heterocycles. The fourth-order valence-electron chi connectivity index (χ4n) is 2.73. The Morgan fingerprint density at radius 1 is 1.41 bits per heavy atom. The van der Waals surface area contributed by atoms with Gasteiger partial charge in [-0.2, -0.15) is 11.8 Å². The van der Waals surface area contributed by atoms with Crippen molar-refractivity contribution in [1.29, 1.82) is 0 Å². The van der Waals surface area contributed by atoms with Crippen LogP contribution in [0.3, 0.4) is 0 Å². The summed E-state index contributed by atoms with van der Waals surface area (Å²) >= 11 is 1.77. The monoisotopic (exact) mass is 331 g/mol. The van der Waals surface area contributed by atoms with E-state index in [1.165, 1.54) is 0 Å². The van der Waals surface area contributed by atoms with E-state index >= 15 is 0 Å². The average Bonchev–Trinajstić information content (AvgIpc) is 2.90. The number of hydrogen-bond acceptors (Lipinski definition) is 5. The van der Waals surface area contributed by atoms with Crippen LogP contribution in [0.25, 0.3) is 0 Å². The first-order chi connectivity index (χ1) is 10.3. The van der Waals surface area contributed by atoms with Gasteiger partial charge in [0.15, 0.2) is 0 Å². The Morgan fingerprint density at radius 3 is 2.64 bits per heavy atom. The zero-order chi connectivity index (χ0) is 16.2. The summed E-state index contributed by atoms with van der Waals surface area (Å²) in [6.45, 7) is 7.60. The first kappa shape index (κ1) is 17.9. The second kappa shape index (κ2) is 7.41. The summed E-state index contributed by atoms with van der Waals surface area (Å²) in [5, 5.41) is 10.6. The smallest absolute Gasteiger partial charge is 0.410 e. The zero-order valence-corrected chi connectivity index (χ0v) is 14.8. The molecule has 1 unspecified atom stereocenters. The van der Waals surface area contributed by atoms with Crippen LogP contribution in [0.1, 0.15) is 46.5 Å². The third-order valence-electron chi connectivity index (χ3n) is 4.04. The molecule has 0 saturated carbocycles. The van der Waals surface area contributed by atoms with Crippen molar-refractivity contribution in [3.05, 3.63) is 0 Å². The number of likely N-dealkylation sites (tertiary alicyclic amines) is 1. The SMILES string of the molecule is CC(C)(C)OC(=O)N1CCC(O)(CSCC2CCCO2)CC1. The summed E-state index contributed by atoms with van der Waals surface area (Å²) in [5.41, 5.74) is -1.14. The number of carbonyl (C=O) groups excluding carboxylic acids is 1. The minimum Gasteiger partial charge on any atom is -0.444 e. The Balaban J connectivity index is 1.69. The first-order valence-corrected chi connectivity index (χ1v) is 9.33. The highest BCUT2D eigenvalue weighted by atomic mass is 32.2. The van der Waals surface area contributed by atoms with E-state index in [0.29, 0.717) is 32.0 Å². The van der Waals surface area contributed by atoms with E-state index in [1.807, 2.05) is 20.8 Å². The molecule has 0 radical (unpaired) electrons. The number of aliphatic hydroxyl groups is 1. The van der Waals surface area contributed by atoms with Gasteiger partial charge >= 0.3 is 6.09 Å². The molecular formula is C16H29NO4S. The lowest BCUT2D eigenvalue weighted by molar-refractivity contribution is -0.0190. The van der Waals surface area contributed by atoms with Crippen molar-refractivity contribution >= 4 is 17.9 Å². The van der Waals surface area contributed by atoms with Crippen LogP contribution < -0.4 is 0 Å². The Morgan fingerprint density at radius 2 is 2.09 bits per heavy atom. The predicted molar refractivity (Wildman–Crippen MR) is 88.3 cm³/mol. The van der Waals surface area contributed by atoms with Crippen molar-refractivity contribution in [2.45, 2.75) is 63.8 Å². The van der Waals surface area contributed by atoms with Gasteiger partial charge < -0.3 is 19.5 Å². The molecule has 6 heteroatoms. The molecule has 0 aromatic carbocycles. The Labute approximate surface area is 137 Å². The van der Waals surface area contributed by atoms with Crippen LogP contribution in [0.15, 0.2) is 0 Å². The number of thioether (sulfide) groups is 1. The lowest BCUT2D eigenvalue weighted by atomic mass is 9.94. The van der Waals surface area contributed by atoms with Gasteiger partial charge in [-0.1, -0.05) is 0 Å². The Kier molecular flexibility index (Phi) is 6.02. The number of nitrogens with zero attached hydrogens (tertiary/aromatic N) is 1. The predicted octanol–water partition coefficient (Wildman–Crippen LogP) is 2.66. The van der Waals surface area contributed by atoms with Crippen LogP contribution in [-0.4, -0.2) is 64.6 Å². The molecule has 2 rings (SSSR count). The number of carbonyl (C=O) groups is 1. The Hall–Kier alpha value is -0.460. The lowest BCUT2D eigenvalue weighted by Crippen LogP contribution is -2.49. The van der Waals surface area contributed by atoms with E-state index in [9.17, 15) is 9.90 Å². The van der Waals surface area contributed by atoms with Crippen LogP contribution in [0.4, 0.5) is 4.79 Å². The third-order valence-corrected chi connectivity index (χ3v) is 5.39. The minimum absolute atomic E-state index is 0.276. The summed E-state index contributed by atoms with van der Waals surface area (Å²) in [7, 11) is 0. The Bertz CT molecular complexity index is 369. The van der Waals surface area contributed by atoms with Crippen molar-refractivity contribution in [2.75, 3.05) is 31.2 Å². The molecule has 1 N–H and O–H groups in total. The fraction of sp³-hybridized carbons (Fsp3) is 0.938. The van der Waals surface area contributed by atoms with Gasteiger partial charge in [-0.05, 0) is 46.5 Å². The maximum atomic E-state index is 12.0. The van der Waals surface area contributed by atoms with E-state index in [4.69, 9.17) is 9.47 Å². The second-order valence-electron chi connectivity index (χ2n) is 7.34. The zero-order valence-electron chi connectivity index (χ0n) is 14.0. The van der Waals surface area contributed by atoms with Crippen LogP contribution in [0.5, 0.6) is 0 Å². The first-order valence-electron chi connectivity index (χ1n) is 8.17. The molecule has 0 aromatic heterocycles. The molecule has 0 spiro atoms.